The van der Waals surface area contributed by atoms with Crippen molar-refractivity contribution < 1.29 is 73.6 Å². The maximum Gasteiger partial charge on any atom is 0.216 e. The Balaban J connectivity index is 0.000000138. The van der Waals surface area contributed by atoms with Gasteiger partial charge < -0.3 is 27.0 Å². The monoisotopic (exact) mass is 2510 g/mol. The first-order chi connectivity index (χ1) is 63.9. The molecule has 0 spiro atoms. The molecular weight excluding hydrogens is 2390 g/mol. The average Bonchev–Trinajstić information content (AvgIpc) is 1.55. The topological polar surface area (TPSA) is 170 Å². The quantitative estimate of drug-likeness (QED) is 0.0663. The fraction of sp³-hybridized carbons (Fsp3) is 0.243. The van der Waals surface area contributed by atoms with Crippen molar-refractivity contribution in [3.63, 3.8) is 0 Å². The van der Waals surface area contributed by atoms with Crippen LogP contribution in [0.3, 0.4) is 0 Å². The van der Waals surface area contributed by atoms with Crippen LogP contribution in [-0.2, 0) is 98.7 Å². The van der Waals surface area contributed by atoms with Gasteiger partial charge in [0.25, 0.3) is 0 Å². The Bertz CT molecular complexity index is 7410. The molecule has 9 aromatic carbocycles. The largest absolute Gasteiger partial charge is 0.486 e. The number of para-hydroxylation sites is 6. The van der Waals surface area contributed by atoms with Gasteiger partial charge in [0.05, 0.1) is 67.3 Å². The summed E-state index contributed by atoms with van der Waals surface area (Å²) in [4.78, 5) is 41.6. The zero-order valence-corrected chi connectivity index (χ0v) is 94.6. The zero-order chi connectivity index (χ0) is 93.6. The van der Waals surface area contributed by atoms with Crippen LogP contribution in [-0.4, -0.2) is 98.4 Å². The van der Waals surface area contributed by atoms with Crippen LogP contribution in [0.2, 0.25) is 51.8 Å². The summed E-state index contributed by atoms with van der Waals surface area (Å²) in [5.74, 6) is 26.6. The first-order valence-electron chi connectivity index (χ1n) is 46.2. The van der Waals surface area contributed by atoms with Crippen molar-refractivity contribution in [3.8, 4) is 67.9 Å². The van der Waals surface area contributed by atoms with Crippen LogP contribution in [0.4, 0.5) is 0 Å². The second kappa shape index (κ2) is 44.4. The van der Waals surface area contributed by atoms with Gasteiger partial charge in [-0.1, -0.05) is 69.2 Å². The third-order valence-corrected chi connectivity index (χ3v) is 36.5. The Labute approximate surface area is 848 Å². The molecule has 12 aromatic heterocycles. The number of hydrogen-bond donors (Lipinski definition) is 0. The zero-order valence-electron chi connectivity index (χ0n) is 81.1. The van der Waals surface area contributed by atoms with E-state index < -0.39 is 39.8 Å². The van der Waals surface area contributed by atoms with E-state index in [9.17, 15) is 0 Å². The molecule has 0 aliphatic rings. The molecule has 12 heterocycles. The third kappa shape index (κ3) is 23.1. The minimum Gasteiger partial charge on any atom is -0.486 e. The minimum atomic E-state index is -1.86. The van der Waals surface area contributed by atoms with Gasteiger partial charge in [0.1, 0.15) is 0 Å². The molecule has 0 saturated carbocycles. The van der Waals surface area contributed by atoms with E-state index in [0.29, 0.717) is 34.9 Å². The second-order valence-electron chi connectivity index (χ2n) is 39.3. The number of pyridine rings is 6. The smallest absolute Gasteiger partial charge is 0.216 e. The average molecular weight is 2510 g/mol. The molecule has 136 heavy (non-hydrogen) atoms. The molecule has 699 valence electrons. The molecule has 3 radical (unpaired) electrons. The predicted octanol–water partition coefficient (Wildman–Crippen LogP) is 27.6. The number of aromatic nitrogens is 12. The number of furan rings is 3. The van der Waals surface area contributed by atoms with Crippen LogP contribution in [0.5, 0.6) is 0 Å². The summed E-state index contributed by atoms with van der Waals surface area (Å²) in [6.45, 7) is 23.2. The Morgan fingerprint density at radius 3 is 0.993 bits per heavy atom. The number of aryl methyl sites for hydroxylation is 2. The molecule has 15 nitrogen and oxygen atoms in total. The molecule has 0 amide bonds. The van der Waals surface area contributed by atoms with Gasteiger partial charge in [-0.25, -0.2) is 15.0 Å². The van der Waals surface area contributed by atoms with E-state index in [1.807, 2.05) is 189 Å². The van der Waals surface area contributed by atoms with Crippen LogP contribution in [0.25, 0.3) is 167 Å². The van der Waals surface area contributed by atoms with E-state index in [1.54, 1.807) is 31.8 Å². The molecule has 21 heteroatoms. The molecule has 0 unspecified atom stereocenters. The minimum absolute atomic E-state index is 0. The summed E-state index contributed by atoms with van der Waals surface area (Å²) in [6.07, 6.45) is 15.0. The maximum absolute atomic E-state index is 6.11. The van der Waals surface area contributed by atoms with Gasteiger partial charge in [0.15, 0.2) is 0 Å². The number of imidazole rings is 3. The Morgan fingerprint density at radius 2 is 0.654 bits per heavy atom. The molecule has 0 saturated heterocycles. The van der Waals surface area contributed by atoms with Crippen molar-refractivity contribution >= 4 is 152 Å². The third-order valence-electron chi connectivity index (χ3n) is 23.5. The van der Waals surface area contributed by atoms with Gasteiger partial charge in [-0.15, -0.1) is 54.6 Å². The molecule has 0 fully saturated rings. The van der Waals surface area contributed by atoms with Crippen LogP contribution >= 0.6 is 0 Å². The van der Waals surface area contributed by atoms with Crippen LogP contribution in [0, 0.1) is 54.2 Å². The van der Waals surface area contributed by atoms with Crippen molar-refractivity contribution in [2.24, 2.45) is 24.8 Å². The van der Waals surface area contributed by atoms with Gasteiger partial charge in [-0.3, -0.25) is 15.0 Å². The normalized spacial score (nSPS) is 11.7. The van der Waals surface area contributed by atoms with Crippen molar-refractivity contribution in [3.05, 3.63) is 327 Å². The first kappa shape index (κ1) is 103. The standard InChI is InChI=1S/C22H18N3O.C20H14N3O.C19H12N3O.3C18H24GeN.3Ir/c1-22(2,3)25-18-12-5-4-11-17(18)24-20(25)16-9-6-8-14-15-10-7-13-23-21(15)26-19(14)16;1-2-23-17-11-4-3-10-16(17)22-19(23)15-8-5-7-13-14-9-6-12-21-20(14)24-18(13)15;1-22-16-10-3-2-9-15(16)21-18(22)14-7-4-6-12-13-8-5-11-20-19(13)23-17(12)14;3*1-14(2)11-16-12-18(15-9-7-6-8-10-15)20-13-17(16)19(3,4)5;;;/h4-8,10-13H,1-3H3;3-7,9-12H,2H2,1H3;2-6,8-11H,1H3;3*6-9,12-14H,11H2,1-5H3;;;/q6*-1;;;. The van der Waals surface area contributed by atoms with Crippen molar-refractivity contribution in [2.45, 2.75) is 152 Å². The number of nitrogens with zero attached hydrogens (tertiary/aromatic N) is 12. The summed E-state index contributed by atoms with van der Waals surface area (Å²) >= 11 is -5.57. The summed E-state index contributed by atoms with van der Waals surface area (Å²) in [6, 6.07) is 99.1. The van der Waals surface area contributed by atoms with Crippen LogP contribution < -0.4 is 13.2 Å². The summed E-state index contributed by atoms with van der Waals surface area (Å²) in [5.41, 5.74) is 23.9. The number of benzene rings is 9. The van der Waals surface area contributed by atoms with Crippen molar-refractivity contribution in [2.75, 3.05) is 0 Å². The first-order valence-corrected chi connectivity index (χ1v) is 68.2. The molecule has 0 aliphatic heterocycles. The molecular formula is C115H116Ge3Ir3N12O3-6. The Hall–Kier alpha value is -10.7. The van der Waals surface area contributed by atoms with Gasteiger partial charge in [0, 0.05) is 114 Å². The van der Waals surface area contributed by atoms with E-state index in [-0.39, 0.29) is 65.9 Å². The SMILES string of the molecule is CC(C)(C)n1c(-c2[c-]ccc3c2oc2ncccc23)nc2ccccc21.CC(C)Cc1cc(-c2[c-]cccc2)nc[c]1[Ge]([CH3])([CH3])[CH3].CC(C)Cc1cc(-c2[c-]cccc2)nc[c]1[Ge]([CH3])([CH3])[CH3].CC(C)Cc1cc(-c2[c-]cccc2)nc[c]1[Ge]([CH3])([CH3])[CH3].CCn1c(-c2[c-]ccc3c2oc2ncccc23)nc2ccccc21.Cn1c(-c2[c-]ccc3c2oc2ncccc23)nc2ccccc21.[Ir].[Ir].[Ir]. The van der Waals surface area contributed by atoms with E-state index in [2.05, 4.69) is 259 Å². The number of hydrogen-bond acceptors (Lipinski definition) is 12. The molecule has 0 aliphatic carbocycles. The van der Waals surface area contributed by atoms with E-state index in [1.165, 1.54) is 16.7 Å². The molecule has 21 rings (SSSR count). The molecule has 0 atom stereocenters. The van der Waals surface area contributed by atoms with E-state index >= 15 is 0 Å². The van der Waals surface area contributed by atoms with E-state index in [0.717, 1.165) is 176 Å². The molecule has 21 aromatic rings. The van der Waals surface area contributed by atoms with Crippen molar-refractivity contribution in [1.29, 1.82) is 0 Å². The summed E-state index contributed by atoms with van der Waals surface area (Å²) < 4.78 is 29.3. The number of fused-ring (bicyclic) bond motifs is 12. The number of rotatable bonds is 16. The second-order valence-corrected chi connectivity index (χ2v) is 71.0. The Morgan fingerprint density at radius 1 is 0.338 bits per heavy atom. The molecule has 0 N–H and O–H groups in total. The maximum atomic E-state index is 6.11. The van der Waals surface area contributed by atoms with E-state index in [4.69, 9.17) is 43.2 Å². The Kier molecular flexibility index (Phi) is 33.5. The molecule has 0 bridgehead atoms. The van der Waals surface area contributed by atoms with Crippen LogP contribution in [0.1, 0.15) is 85.9 Å². The summed E-state index contributed by atoms with van der Waals surface area (Å²) in [7, 11) is 2.01. The van der Waals surface area contributed by atoms with Gasteiger partial charge in [-0.05, 0) is 100 Å². The van der Waals surface area contributed by atoms with Crippen molar-refractivity contribution in [1.82, 2.24) is 58.6 Å². The van der Waals surface area contributed by atoms with Gasteiger partial charge in [0.2, 0.25) is 17.1 Å². The van der Waals surface area contributed by atoms with Crippen LogP contribution in [0.15, 0.2) is 287 Å². The van der Waals surface area contributed by atoms with Gasteiger partial charge >= 0.3 is 377 Å². The summed E-state index contributed by atoms with van der Waals surface area (Å²) in [5, 5.41) is 6.15. The van der Waals surface area contributed by atoms with Gasteiger partial charge in [-0.2, -0.15) is 0 Å². The predicted molar refractivity (Wildman–Crippen MR) is 559 cm³/mol. The fourth-order valence-electron chi connectivity index (χ4n) is 17.5. The fourth-order valence-corrected chi connectivity index (χ4v) is 27.5.